The Bertz CT molecular complexity index is 652. The molecule has 2 heterocycles. The molecule has 0 spiro atoms. The second kappa shape index (κ2) is 7.66. The van der Waals surface area contributed by atoms with Crippen molar-refractivity contribution >= 4 is 21.4 Å². The number of amides is 1. The van der Waals surface area contributed by atoms with Gasteiger partial charge in [-0.2, -0.15) is 0 Å². The van der Waals surface area contributed by atoms with Gasteiger partial charge in [0.15, 0.2) is 9.84 Å². The number of carbonyl (C=O) groups is 1. The van der Waals surface area contributed by atoms with Gasteiger partial charge in [-0.05, 0) is 44.5 Å². The summed E-state index contributed by atoms with van der Waals surface area (Å²) in [6.45, 7) is 2.29. The Kier molecular flexibility index (Phi) is 5.56. The number of likely N-dealkylation sites (tertiary alicyclic amines) is 1. The van der Waals surface area contributed by atoms with Gasteiger partial charge in [-0.1, -0.05) is 31.0 Å². The zero-order valence-corrected chi connectivity index (χ0v) is 14.9. The van der Waals surface area contributed by atoms with E-state index >= 15 is 0 Å². The maximum absolute atomic E-state index is 13.0. The van der Waals surface area contributed by atoms with E-state index < -0.39 is 9.84 Å². The minimum absolute atomic E-state index is 0.0187. The zero-order chi connectivity index (χ0) is 17.0. The van der Waals surface area contributed by atoms with Gasteiger partial charge < -0.3 is 4.90 Å². The van der Waals surface area contributed by atoms with Crippen LogP contribution in [0.1, 0.15) is 32.1 Å². The average Bonchev–Trinajstić information content (AvgIpc) is 2.75. The van der Waals surface area contributed by atoms with Crippen molar-refractivity contribution in [3.8, 4) is 0 Å². The van der Waals surface area contributed by atoms with E-state index in [1.807, 2.05) is 30.3 Å². The largest absolute Gasteiger partial charge is 0.307 e. The van der Waals surface area contributed by atoms with Gasteiger partial charge in [0.2, 0.25) is 5.91 Å². The Hall–Kier alpha value is -1.40. The quantitative estimate of drug-likeness (QED) is 0.834. The number of anilines is 1. The number of hydrogen-bond acceptors (Lipinski definition) is 4. The maximum atomic E-state index is 13.0. The molecule has 6 heteroatoms. The average molecular weight is 350 g/mol. The number of benzene rings is 1. The van der Waals surface area contributed by atoms with Gasteiger partial charge in [0.1, 0.15) is 0 Å². The Morgan fingerprint density at radius 2 is 1.75 bits per heavy atom. The topological polar surface area (TPSA) is 57.7 Å². The normalized spacial score (nSPS) is 24.4. The van der Waals surface area contributed by atoms with Gasteiger partial charge in [-0.3, -0.25) is 9.69 Å². The molecule has 0 aliphatic carbocycles. The van der Waals surface area contributed by atoms with Gasteiger partial charge in [-0.25, -0.2) is 8.42 Å². The highest BCUT2D eigenvalue weighted by atomic mass is 32.2. The molecule has 1 amide bonds. The second-order valence-electron chi connectivity index (χ2n) is 6.85. The van der Waals surface area contributed by atoms with E-state index in [2.05, 4.69) is 4.90 Å². The van der Waals surface area contributed by atoms with Gasteiger partial charge in [0.25, 0.3) is 0 Å². The fourth-order valence-electron chi connectivity index (χ4n) is 3.69. The highest BCUT2D eigenvalue weighted by molar-refractivity contribution is 7.91. The molecule has 0 N–H and O–H groups in total. The highest BCUT2D eigenvalue weighted by Crippen LogP contribution is 2.25. The number of hydrogen-bond donors (Lipinski definition) is 0. The SMILES string of the molecule is O=C(CN1CCCCCC1)N(c1ccccc1)[C@@H]1CCS(=O)(=O)C1. The number of sulfone groups is 1. The number of rotatable bonds is 4. The molecule has 0 saturated carbocycles. The Morgan fingerprint density at radius 1 is 1.08 bits per heavy atom. The lowest BCUT2D eigenvalue weighted by Crippen LogP contribution is -2.46. The van der Waals surface area contributed by atoms with E-state index in [9.17, 15) is 13.2 Å². The Morgan fingerprint density at radius 3 is 2.33 bits per heavy atom. The number of para-hydroxylation sites is 1. The van der Waals surface area contributed by atoms with Crippen LogP contribution in [0.5, 0.6) is 0 Å². The first-order chi connectivity index (χ1) is 11.6. The van der Waals surface area contributed by atoms with Crippen LogP contribution in [-0.4, -0.2) is 56.4 Å². The molecule has 2 aliphatic heterocycles. The molecule has 3 rings (SSSR count). The fraction of sp³-hybridized carbons (Fsp3) is 0.611. The van der Waals surface area contributed by atoms with Crippen LogP contribution >= 0.6 is 0 Å². The second-order valence-corrected chi connectivity index (χ2v) is 9.08. The summed E-state index contributed by atoms with van der Waals surface area (Å²) in [7, 11) is -3.03. The van der Waals surface area contributed by atoms with Gasteiger partial charge in [0, 0.05) is 5.69 Å². The van der Waals surface area contributed by atoms with Crippen LogP contribution < -0.4 is 4.90 Å². The van der Waals surface area contributed by atoms with Gasteiger partial charge in [0.05, 0.1) is 24.1 Å². The standard InChI is InChI=1S/C18H26N2O3S/c21-18(14-19-11-6-1-2-7-12-19)20(16-8-4-3-5-9-16)17-10-13-24(22,23)15-17/h3-5,8-9,17H,1-2,6-7,10-15H2/t17-/m1/s1. The molecular weight excluding hydrogens is 324 g/mol. The van der Waals surface area contributed by atoms with Gasteiger partial charge >= 0.3 is 0 Å². The van der Waals surface area contributed by atoms with E-state index in [-0.39, 0.29) is 23.5 Å². The van der Waals surface area contributed by atoms with Crippen molar-refractivity contribution in [3.05, 3.63) is 30.3 Å². The molecule has 1 aromatic rings. The summed E-state index contributed by atoms with van der Waals surface area (Å²) >= 11 is 0. The molecule has 0 radical (unpaired) electrons. The molecule has 0 aromatic heterocycles. The van der Waals surface area contributed by atoms with E-state index in [1.165, 1.54) is 12.8 Å². The molecule has 1 aromatic carbocycles. The predicted molar refractivity (Wildman–Crippen MR) is 95.9 cm³/mol. The molecular formula is C18H26N2O3S. The molecule has 24 heavy (non-hydrogen) atoms. The van der Waals surface area contributed by atoms with Crippen molar-refractivity contribution in [2.75, 3.05) is 36.0 Å². The third-order valence-electron chi connectivity index (χ3n) is 4.93. The van der Waals surface area contributed by atoms with E-state index in [0.717, 1.165) is 31.6 Å². The van der Waals surface area contributed by atoms with Crippen molar-refractivity contribution in [2.45, 2.75) is 38.1 Å². The Labute approximate surface area is 144 Å². The lowest BCUT2D eigenvalue weighted by Gasteiger charge is -2.31. The summed E-state index contributed by atoms with van der Waals surface area (Å²) in [5.41, 5.74) is 0.805. The minimum atomic E-state index is -3.03. The third kappa shape index (κ3) is 4.36. The van der Waals surface area contributed by atoms with Crippen LogP contribution in [0.2, 0.25) is 0 Å². The lowest BCUT2D eigenvalue weighted by molar-refractivity contribution is -0.120. The summed E-state index contributed by atoms with van der Waals surface area (Å²) in [4.78, 5) is 17.0. The predicted octanol–water partition coefficient (Wildman–Crippen LogP) is 2.08. The summed E-state index contributed by atoms with van der Waals surface area (Å²) in [6.07, 6.45) is 5.26. The van der Waals surface area contributed by atoms with Crippen molar-refractivity contribution < 1.29 is 13.2 Å². The van der Waals surface area contributed by atoms with Crippen molar-refractivity contribution in [1.82, 2.24) is 4.90 Å². The first-order valence-corrected chi connectivity index (χ1v) is 10.7. The summed E-state index contributed by atoms with van der Waals surface area (Å²) in [6, 6.07) is 9.25. The highest BCUT2D eigenvalue weighted by Gasteiger charge is 2.35. The Balaban J connectivity index is 1.77. The molecule has 1 atom stereocenters. The first-order valence-electron chi connectivity index (χ1n) is 8.85. The fourth-order valence-corrected chi connectivity index (χ4v) is 5.39. The molecule has 0 unspecified atom stereocenters. The molecule has 5 nitrogen and oxygen atoms in total. The smallest absolute Gasteiger partial charge is 0.241 e. The molecule has 2 saturated heterocycles. The molecule has 2 fully saturated rings. The monoisotopic (exact) mass is 350 g/mol. The van der Waals surface area contributed by atoms with Crippen LogP contribution in [0.25, 0.3) is 0 Å². The van der Waals surface area contributed by atoms with Crippen LogP contribution in [-0.2, 0) is 14.6 Å². The maximum Gasteiger partial charge on any atom is 0.241 e. The van der Waals surface area contributed by atoms with E-state index in [1.54, 1.807) is 4.90 Å². The summed E-state index contributed by atoms with van der Waals surface area (Å²) in [5.74, 6) is 0.274. The van der Waals surface area contributed by atoms with Crippen LogP contribution in [0, 0.1) is 0 Å². The van der Waals surface area contributed by atoms with Crippen LogP contribution in [0.4, 0.5) is 5.69 Å². The molecule has 132 valence electrons. The lowest BCUT2D eigenvalue weighted by atomic mass is 10.1. The zero-order valence-electron chi connectivity index (χ0n) is 14.1. The van der Waals surface area contributed by atoms with Crippen LogP contribution in [0.3, 0.4) is 0 Å². The van der Waals surface area contributed by atoms with Gasteiger partial charge in [-0.15, -0.1) is 0 Å². The summed E-state index contributed by atoms with van der Waals surface area (Å²) < 4.78 is 23.8. The first kappa shape index (κ1) is 17.4. The molecule has 2 aliphatic rings. The molecule has 0 bridgehead atoms. The third-order valence-corrected chi connectivity index (χ3v) is 6.68. The number of nitrogens with zero attached hydrogens (tertiary/aromatic N) is 2. The minimum Gasteiger partial charge on any atom is -0.307 e. The van der Waals surface area contributed by atoms with Crippen LogP contribution in [0.15, 0.2) is 30.3 Å². The van der Waals surface area contributed by atoms with Crippen molar-refractivity contribution in [1.29, 1.82) is 0 Å². The van der Waals surface area contributed by atoms with Crippen molar-refractivity contribution in [2.24, 2.45) is 0 Å². The number of carbonyl (C=O) groups excluding carboxylic acids is 1. The van der Waals surface area contributed by atoms with Crippen molar-refractivity contribution in [3.63, 3.8) is 0 Å². The van der Waals surface area contributed by atoms with E-state index in [4.69, 9.17) is 0 Å². The van der Waals surface area contributed by atoms with E-state index in [0.29, 0.717) is 13.0 Å². The summed E-state index contributed by atoms with van der Waals surface area (Å²) in [5, 5.41) is 0.